The van der Waals surface area contributed by atoms with E-state index in [9.17, 15) is 14.4 Å². The summed E-state index contributed by atoms with van der Waals surface area (Å²) in [5, 5.41) is 11.8. The molecule has 1 atom stereocenters. The van der Waals surface area contributed by atoms with Crippen LogP contribution >= 0.6 is 0 Å². The van der Waals surface area contributed by atoms with Gasteiger partial charge in [0.05, 0.1) is 17.2 Å². The Labute approximate surface area is 202 Å². The van der Waals surface area contributed by atoms with Gasteiger partial charge in [-0.05, 0) is 24.5 Å². The van der Waals surface area contributed by atoms with Crippen LogP contribution in [0.1, 0.15) is 81.3 Å². The number of carbonyl (C=O) groups is 3. The van der Waals surface area contributed by atoms with Gasteiger partial charge in [-0.25, -0.2) is 0 Å². The van der Waals surface area contributed by atoms with Gasteiger partial charge in [-0.1, -0.05) is 19.9 Å². The number of ketones is 1. The van der Waals surface area contributed by atoms with Crippen LogP contribution in [0.4, 0.5) is 0 Å². The maximum Gasteiger partial charge on any atom is 0.270 e. The van der Waals surface area contributed by atoms with Gasteiger partial charge in [0, 0.05) is 45.1 Å². The van der Waals surface area contributed by atoms with E-state index in [0.29, 0.717) is 67.3 Å². The van der Waals surface area contributed by atoms with Crippen LogP contribution in [-0.2, 0) is 19.4 Å². The number of pyridine rings is 1. The van der Waals surface area contributed by atoms with Crippen molar-refractivity contribution in [2.24, 2.45) is 5.92 Å². The Morgan fingerprint density at radius 1 is 1.09 bits per heavy atom. The maximum atomic E-state index is 13.3. The van der Waals surface area contributed by atoms with Crippen molar-refractivity contribution in [3.8, 4) is 0 Å². The summed E-state index contributed by atoms with van der Waals surface area (Å²) in [4.78, 5) is 44.4. The molecular formula is C25H28N6O4. The normalized spacial score (nSPS) is 16.4. The zero-order valence-corrected chi connectivity index (χ0v) is 19.9. The standard InChI is InChI=1S/C25H28N6O4/c1-15(2)22(27-24(33)17-6-3-4-10-26-17)23-29-28-20-9-11-30(12-13-31(20)23)25(34)16-14-35-19-8-5-7-18(32)21(16)19/h3-4,6,10,14-15,22H,5,7-9,11-13H2,1-2H3,(H,27,33). The van der Waals surface area contributed by atoms with Gasteiger partial charge in [-0.2, -0.15) is 0 Å². The maximum absolute atomic E-state index is 13.3. The number of aryl methyl sites for hydroxylation is 1. The molecule has 1 unspecified atom stereocenters. The minimum atomic E-state index is -0.369. The van der Waals surface area contributed by atoms with Gasteiger partial charge >= 0.3 is 0 Å². The van der Waals surface area contributed by atoms with E-state index >= 15 is 0 Å². The fraction of sp³-hybridized carbons (Fsp3) is 0.440. The molecule has 2 aliphatic rings. The van der Waals surface area contributed by atoms with Crippen LogP contribution < -0.4 is 5.32 Å². The molecule has 3 aromatic heterocycles. The Balaban J connectivity index is 1.34. The highest BCUT2D eigenvalue weighted by molar-refractivity contribution is 6.09. The van der Waals surface area contributed by atoms with Crippen LogP contribution in [0, 0.1) is 5.92 Å². The number of nitrogens with zero attached hydrogens (tertiary/aromatic N) is 5. The molecular weight excluding hydrogens is 448 g/mol. The number of Topliss-reactive ketones (excluding diaryl/α,β-unsaturated/α-hetero) is 1. The van der Waals surface area contributed by atoms with Crippen LogP contribution in [0.3, 0.4) is 0 Å². The minimum absolute atomic E-state index is 0.0268. The van der Waals surface area contributed by atoms with Crippen molar-refractivity contribution in [3.05, 3.63) is 64.9 Å². The van der Waals surface area contributed by atoms with Gasteiger partial charge in [0.15, 0.2) is 11.6 Å². The Hall–Kier alpha value is -3.82. The van der Waals surface area contributed by atoms with E-state index in [0.717, 1.165) is 12.2 Å². The van der Waals surface area contributed by atoms with Gasteiger partial charge in [0.1, 0.15) is 23.5 Å². The van der Waals surface area contributed by atoms with Crippen LogP contribution in [0.15, 0.2) is 35.1 Å². The highest BCUT2D eigenvalue weighted by Gasteiger charge is 2.32. The lowest BCUT2D eigenvalue weighted by atomic mass is 9.94. The Morgan fingerprint density at radius 2 is 1.94 bits per heavy atom. The van der Waals surface area contributed by atoms with Crippen LogP contribution in [-0.4, -0.2) is 55.3 Å². The van der Waals surface area contributed by atoms with Gasteiger partial charge in [-0.15, -0.1) is 10.2 Å². The fourth-order valence-electron chi connectivity index (χ4n) is 4.77. The molecule has 4 heterocycles. The van der Waals surface area contributed by atoms with Crippen molar-refractivity contribution in [1.82, 2.24) is 30.0 Å². The van der Waals surface area contributed by atoms with Gasteiger partial charge in [0.2, 0.25) is 0 Å². The molecule has 0 spiro atoms. The number of carbonyl (C=O) groups excluding carboxylic acids is 3. The molecule has 1 aliphatic carbocycles. The number of amides is 2. The molecule has 182 valence electrons. The zero-order valence-electron chi connectivity index (χ0n) is 19.9. The zero-order chi connectivity index (χ0) is 24.5. The molecule has 0 saturated carbocycles. The molecule has 1 aliphatic heterocycles. The second-order valence-electron chi connectivity index (χ2n) is 9.30. The molecule has 10 heteroatoms. The number of aromatic nitrogens is 4. The number of hydrogen-bond acceptors (Lipinski definition) is 7. The largest absolute Gasteiger partial charge is 0.468 e. The Morgan fingerprint density at radius 3 is 2.71 bits per heavy atom. The summed E-state index contributed by atoms with van der Waals surface area (Å²) >= 11 is 0. The van der Waals surface area contributed by atoms with E-state index in [1.165, 1.54) is 6.26 Å². The molecule has 0 saturated heterocycles. The second kappa shape index (κ2) is 9.44. The van der Waals surface area contributed by atoms with E-state index in [1.807, 2.05) is 18.4 Å². The molecule has 0 fully saturated rings. The quantitative estimate of drug-likeness (QED) is 0.600. The highest BCUT2D eigenvalue weighted by Crippen LogP contribution is 2.28. The number of nitrogens with one attached hydrogen (secondary N) is 1. The first kappa shape index (κ1) is 22.9. The topological polar surface area (TPSA) is 123 Å². The summed E-state index contributed by atoms with van der Waals surface area (Å²) in [6.07, 6.45) is 5.40. The van der Waals surface area contributed by atoms with Gasteiger partial charge in [-0.3, -0.25) is 19.4 Å². The highest BCUT2D eigenvalue weighted by atomic mass is 16.3. The Kier molecular flexibility index (Phi) is 6.19. The number of rotatable bonds is 5. The summed E-state index contributed by atoms with van der Waals surface area (Å²) in [7, 11) is 0. The second-order valence-corrected chi connectivity index (χ2v) is 9.30. The molecule has 10 nitrogen and oxygen atoms in total. The molecule has 0 radical (unpaired) electrons. The van der Waals surface area contributed by atoms with Crippen LogP contribution in [0.5, 0.6) is 0 Å². The minimum Gasteiger partial charge on any atom is -0.468 e. The van der Waals surface area contributed by atoms with Crippen molar-refractivity contribution in [1.29, 1.82) is 0 Å². The number of fused-ring (bicyclic) bond motifs is 2. The van der Waals surface area contributed by atoms with Crippen molar-refractivity contribution in [2.45, 2.75) is 52.1 Å². The summed E-state index contributed by atoms with van der Waals surface area (Å²) in [5.41, 5.74) is 1.14. The first-order valence-corrected chi connectivity index (χ1v) is 12.0. The first-order valence-electron chi connectivity index (χ1n) is 12.0. The average molecular weight is 477 g/mol. The van der Waals surface area contributed by atoms with E-state index < -0.39 is 0 Å². The smallest absolute Gasteiger partial charge is 0.270 e. The van der Waals surface area contributed by atoms with Crippen LogP contribution in [0.25, 0.3) is 0 Å². The van der Waals surface area contributed by atoms with Crippen molar-refractivity contribution < 1.29 is 18.8 Å². The number of furan rings is 1. The van der Waals surface area contributed by atoms with E-state index in [4.69, 9.17) is 4.42 Å². The lowest BCUT2D eigenvalue weighted by Gasteiger charge is -2.23. The van der Waals surface area contributed by atoms with Crippen molar-refractivity contribution in [2.75, 3.05) is 13.1 Å². The molecule has 0 bridgehead atoms. The Bertz CT molecular complexity index is 1260. The predicted octanol–water partition coefficient (Wildman–Crippen LogP) is 2.61. The monoisotopic (exact) mass is 476 g/mol. The summed E-state index contributed by atoms with van der Waals surface area (Å²) < 4.78 is 7.55. The van der Waals surface area contributed by atoms with E-state index in [1.54, 1.807) is 29.3 Å². The molecule has 5 rings (SSSR count). The van der Waals surface area contributed by atoms with Crippen molar-refractivity contribution >= 4 is 17.6 Å². The van der Waals surface area contributed by atoms with Crippen molar-refractivity contribution in [3.63, 3.8) is 0 Å². The fourth-order valence-corrected chi connectivity index (χ4v) is 4.77. The third kappa shape index (κ3) is 4.36. The van der Waals surface area contributed by atoms with E-state index in [2.05, 4.69) is 20.5 Å². The predicted molar refractivity (Wildman–Crippen MR) is 125 cm³/mol. The van der Waals surface area contributed by atoms with Gasteiger partial charge in [0.25, 0.3) is 11.8 Å². The van der Waals surface area contributed by atoms with Crippen LogP contribution in [0.2, 0.25) is 0 Å². The number of hydrogen-bond donors (Lipinski definition) is 1. The molecule has 3 aromatic rings. The molecule has 0 aromatic carbocycles. The molecule has 2 amide bonds. The van der Waals surface area contributed by atoms with E-state index in [-0.39, 0.29) is 29.6 Å². The summed E-state index contributed by atoms with van der Waals surface area (Å²) in [5.74, 6) is 1.59. The molecule has 1 N–H and O–H groups in total. The summed E-state index contributed by atoms with van der Waals surface area (Å²) in [6.45, 7) is 5.40. The third-order valence-corrected chi connectivity index (χ3v) is 6.66. The summed E-state index contributed by atoms with van der Waals surface area (Å²) in [6, 6.07) is 4.83. The molecule has 35 heavy (non-hydrogen) atoms. The average Bonchev–Trinajstić information content (AvgIpc) is 3.41. The SMILES string of the molecule is CC(C)C(NC(=O)c1ccccn1)c1nnc2n1CCN(C(=O)c1coc3c1C(=O)CCC3)CC2. The third-order valence-electron chi connectivity index (χ3n) is 6.66. The lowest BCUT2D eigenvalue weighted by molar-refractivity contribution is 0.0752. The lowest BCUT2D eigenvalue weighted by Crippen LogP contribution is -2.36. The van der Waals surface area contributed by atoms with Gasteiger partial charge < -0.3 is 19.2 Å². The first-order chi connectivity index (χ1) is 16.9.